The number of rotatable bonds is 8. The van der Waals surface area contributed by atoms with Crippen LogP contribution >= 0.6 is 45.7 Å². The molecule has 0 fully saturated rings. The second-order valence-electron chi connectivity index (χ2n) is 15.3. The normalized spacial score (nSPS) is 11.4. The number of nitriles is 1. The van der Waals surface area contributed by atoms with Crippen molar-refractivity contribution in [2.75, 3.05) is 6.23 Å². The molecule has 2 heterocycles. The van der Waals surface area contributed by atoms with E-state index >= 15 is 0 Å². The first-order chi connectivity index (χ1) is 30.5. The molecule has 0 aliphatic carbocycles. The van der Waals surface area contributed by atoms with Gasteiger partial charge in [0.15, 0.2) is 0 Å². The molecule has 0 bridgehead atoms. The number of benzene rings is 9. The topological polar surface area (TPSA) is 40.1 Å². The SMILES string of the molecule is N#Cc1ccc(N(I)c2ccc3c(c2)c2ccccc2n3-c2cccc(-c3ccc4c5cc(N(I)c6ccc(-c7ccccc7)cc6)ccc5n(-c5ccccc5)c4c3)c2)cc1. The van der Waals surface area contributed by atoms with Crippen molar-refractivity contribution in [2.24, 2.45) is 0 Å². The Bertz CT molecular complexity index is 3500. The van der Waals surface area contributed by atoms with Crippen LogP contribution in [0.3, 0.4) is 0 Å². The summed E-state index contributed by atoms with van der Waals surface area (Å²) in [6, 6.07) is 77.8. The maximum absolute atomic E-state index is 9.32. The lowest BCUT2D eigenvalue weighted by Gasteiger charge is -2.18. The number of hydrogen-bond donors (Lipinski definition) is 0. The molecule has 11 aromatic rings. The van der Waals surface area contributed by atoms with E-state index in [0.717, 1.165) is 61.8 Å². The Balaban J connectivity index is 0.991. The minimum Gasteiger partial charge on any atom is -0.309 e. The first-order valence-corrected chi connectivity index (χ1v) is 22.3. The third kappa shape index (κ3) is 6.67. The van der Waals surface area contributed by atoms with E-state index in [2.05, 4.69) is 255 Å². The van der Waals surface area contributed by atoms with E-state index in [-0.39, 0.29) is 0 Å². The Labute approximate surface area is 387 Å². The van der Waals surface area contributed by atoms with E-state index in [1.54, 1.807) is 0 Å². The summed E-state index contributed by atoms with van der Waals surface area (Å²) in [6.45, 7) is 0. The summed E-state index contributed by atoms with van der Waals surface area (Å²) < 4.78 is 9.15. The van der Waals surface area contributed by atoms with Gasteiger partial charge in [0, 0.05) is 32.9 Å². The van der Waals surface area contributed by atoms with Crippen LogP contribution in [0.1, 0.15) is 5.56 Å². The van der Waals surface area contributed by atoms with Gasteiger partial charge in [-0.25, -0.2) is 0 Å². The van der Waals surface area contributed by atoms with Crippen LogP contribution in [0, 0.1) is 11.3 Å². The summed E-state index contributed by atoms with van der Waals surface area (Å²) in [5.74, 6) is 0. The zero-order chi connectivity index (χ0) is 41.7. The second kappa shape index (κ2) is 15.9. The highest BCUT2D eigenvalue weighted by Crippen LogP contribution is 2.41. The molecule has 0 saturated carbocycles. The maximum atomic E-state index is 9.32. The Morgan fingerprint density at radius 1 is 0.339 bits per heavy atom. The van der Waals surface area contributed by atoms with Crippen LogP contribution in [0.5, 0.6) is 0 Å². The average molecular weight is 1020 g/mol. The molecular formula is C55H35I2N5. The van der Waals surface area contributed by atoms with Crippen LogP contribution in [0.4, 0.5) is 22.7 Å². The van der Waals surface area contributed by atoms with Crippen molar-refractivity contribution in [2.45, 2.75) is 0 Å². The molecule has 0 aliphatic rings. The van der Waals surface area contributed by atoms with E-state index in [1.165, 1.54) is 38.2 Å². The molecule has 0 spiro atoms. The van der Waals surface area contributed by atoms with Crippen LogP contribution < -0.4 is 6.23 Å². The third-order valence-corrected chi connectivity index (χ3v) is 14.0. The number of para-hydroxylation sites is 2. The van der Waals surface area contributed by atoms with E-state index in [0.29, 0.717) is 5.56 Å². The van der Waals surface area contributed by atoms with Crippen molar-refractivity contribution in [1.29, 1.82) is 5.26 Å². The van der Waals surface area contributed by atoms with E-state index in [9.17, 15) is 5.26 Å². The lowest BCUT2D eigenvalue weighted by atomic mass is 10.0. The van der Waals surface area contributed by atoms with Gasteiger partial charge < -0.3 is 9.13 Å². The van der Waals surface area contributed by atoms with Crippen LogP contribution in [0.2, 0.25) is 0 Å². The third-order valence-electron chi connectivity index (χ3n) is 11.7. The standard InChI is InChI=1S/C55H35I2N5/c56-61(43-23-18-37(36-58)19-24-43)46-28-31-54-50(34-46)48-16-7-8-17-52(48)60(54)45-15-9-12-40(32-45)41-22-29-49-51-35-47(27-30-53(51)59(55(49)33-41)42-13-5-2-6-14-42)62(57)44-25-20-39(21-26-44)38-10-3-1-4-11-38/h1-35H. The van der Waals surface area contributed by atoms with Crippen molar-refractivity contribution in [3.05, 3.63) is 218 Å². The van der Waals surface area contributed by atoms with Gasteiger partial charge in [0.2, 0.25) is 0 Å². The molecule has 5 nitrogen and oxygen atoms in total. The Hall–Kier alpha value is -6.87. The quantitative estimate of drug-likeness (QED) is 0.112. The predicted octanol–water partition coefficient (Wildman–Crippen LogP) is 16.1. The summed E-state index contributed by atoms with van der Waals surface area (Å²) >= 11 is 4.77. The summed E-state index contributed by atoms with van der Waals surface area (Å²) in [6.07, 6.45) is 0. The molecular weight excluding hydrogens is 984 g/mol. The smallest absolute Gasteiger partial charge is 0.0991 e. The number of fused-ring (bicyclic) bond motifs is 6. The molecule has 0 aliphatic heterocycles. The van der Waals surface area contributed by atoms with Crippen molar-refractivity contribution in [3.63, 3.8) is 0 Å². The maximum Gasteiger partial charge on any atom is 0.0991 e. The molecule has 0 N–H and O–H groups in total. The van der Waals surface area contributed by atoms with Crippen LogP contribution in [0.25, 0.3) is 77.2 Å². The van der Waals surface area contributed by atoms with Gasteiger partial charge >= 0.3 is 0 Å². The predicted molar refractivity (Wildman–Crippen MR) is 276 cm³/mol. The number of halogens is 2. The van der Waals surface area contributed by atoms with Crippen molar-refractivity contribution < 1.29 is 0 Å². The zero-order valence-corrected chi connectivity index (χ0v) is 37.5. The summed E-state index contributed by atoms with van der Waals surface area (Å²) in [7, 11) is 0. The lowest BCUT2D eigenvalue weighted by molar-refractivity contribution is 1.18. The largest absolute Gasteiger partial charge is 0.309 e. The second-order valence-corrected chi connectivity index (χ2v) is 17.3. The molecule has 0 unspecified atom stereocenters. The van der Waals surface area contributed by atoms with E-state index < -0.39 is 0 Å². The monoisotopic (exact) mass is 1020 g/mol. The van der Waals surface area contributed by atoms with Gasteiger partial charge in [0.25, 0.3) is 0 Å². The van der Waals surface area contributed by atoms with E-state index in [4.69, 9.17) is 0 Å². The van der Waals surface area contributed by atoms with Gasteiger partial charge in [-0.3, -0.25) is 6.23 Å². The molecule has 294 valence electrons. The average Bonchev–Trinajstić information content (AvgIpc) is 3.86. The number of hydrogen-bond acceptors (Lipinski definition) is 3. The van der Waals surface area contributed by atoms with Gasteiger partial charge in [0.05, 0.1) is 102 Å². The molecule has 11 rings (SSSR count). The fourth-order valence-electron chi connectivity index (χ4n) is 8.73. The van der Waals surface area contributed by atoms with Gasteiger partial charge in [0.1, 0.15) is 0 Å². The summed E-state index contributed by atoms with van der Waals surface area (Å²) in [5.41, 5.74) is 16.5. The fraction of sp³-hybridized carbons (Fsp3) is 0. The minimum atomic E-state index is 0.650. The molecule has 0 radical (unpaired) electrons. The molecule has 0 saturated heterocycles. The Kier molecular flexibility index (Phi) is 9.75. The van der Waals surface area contributed by atoms with Crippen LogP contribution in [-0.4, -0.2) is 9.13 Å². The fourth-order valence-corrected chi connectivity index (χ4v) is 9.98. The van der Waals surface area contributed by atoms with Crippen LogP contribution in [0.15, 0.2) is 212 Å². The van der Waals surface area contributed by atoms with E-state index in [1.807, 2.05) is 24.3 Å². The number of nitrogens with zero attached hydrogens (tertiary/aromatic N) is 5. The Morgan fingerprint density at radius 2 is 0.806 bits per heavy atom. The van der Waals surface area contributed by atoms with Gasteiger partial charge in [-0.05, 0) is 131 Å². The molecule has 7 heteroatoms. The van der Waals surface area contributed by atoms with Crippen molar-refractivity contribution in [1.82, 2.24) is 9.13 Å². The number of aromatic nitrogens is 2. The highest BCUT2D eigenvalue weighted by molar-refractivity contribution is 14.1. The highest BCUT2D eigenvalue weighted by Gasteiger charge is 2.18. The van der Waals surface area contributed by atoms with Gasteiger partial charge in [-0.15, -0.1) is 0 Å². The Morgan fingerprint density at radius 3 is 1.47 bits per heavy atom. The highest BCUT2D eigenvalue weighted by atomic mass is 127. The van der Waals surface area contributed by atoms with Gasteiger partial charge in [-0.1, -0.05) is 103 Å². The molecule has 9 aromatic carbocycles. The minimum absolute atomic E-state index is 0.650. The molecule has 2 aromatic heterocycles. The summed E-state index contributed by atoms with van der Waals surface area (Å²) in [4.78, 5) is 0. The number of anilines is 4. The first kappa shape index (κ1) is 38.1. The summed E-state index contributed by atoms with van der Waals surface area (Å²) in [5, 5.41) is 14.1. The van der Waals surface area contributed by atoms with Crippen molar-refractivity contribution >= 4 is 112 Å². The molecule has 0 amide bonds. The molecule has 62 heavy (non-hydrogen) atoms. The molecule has 0 atom stereocenters. The zero-order valence-electron chi connectivity index (χ0n) is 33.2. The van der Waals surface area contributed by atoms with Crippen molar-refractivity contribution in [3.8, 4) is 39.7 Å². The first-order valence-electron chi connectivity index (χ1n) is 20.4. The lowest BCUT2D eigenvalue weighted by Crippen LogP contribution is -2.00. The van der Waals surface area contributed by atoms with Gasteiger partial charge in [-0.2, -0.15) is 5.26 Å². The van der Waals surface area contributed by atoms with Crippen LogP contribution in [-0.2, 0) is 0 Å².